The normalized spacial score (nSPS) is 14.8. The fourth-order valence-corrected chi connectivity index (χ4v) is 3.87. The number of rotatable bonds is 5. The average Bonchev–Trinajstić information content (AvgIpc) is 3.47. The van der Waals surface area contributed by atoms with Crippen LogP contribution >= 0.6 is 0 Å². The predicted octanol–water partition coefficient (Wildman–Crippen LogP) is 4.66. The summed E-state index contributed by atoms with van der Waals surface area (Å²) in [6.45, 7) is 2.52. The zero-order chi connectivity index (χ0) is 18.9. The van der Waals surface area contributed by atoms with E-state index >= 15 is 0 Å². The van der Waals surface area contributed by atoms with Crippen molar-refractivity contribution in [2.24, 2.45) is 0 Å². The van der Waals surface area contributed by atoms with Crippen LogP contribution in [-0.4, -0.2) is 31.7 Å². The third-order valence-electron chi connectivity index (χ3n) is 5.24. The molecule has 7 nitrogen and oxygen atoms in total. The van der Waals surface area contributed by atoms with Gasteiger partial charge in [0.15, 0.2) is 0 Å². The maximum absolute atomic E-state index is 5.67. The Kier molecular flexibility index (Phi) is 4.27. The smallest absolute Gasteiger partial charge is 0.262 e. The van der Waals surface area contributed by atoms with Crippen LogP contribution in [0.4, 0.5) is 0 Å². The van der Waals surface area contributed by atoms with Gasteiger partial charge in [-0.3, -0.25) is 0 Å². The van der Waals surface area contributed by atoms with Crippen molar-refractivity contribution in [3.63, 3.8) is 0 Å². The van der Waals surface area contributed by atoms with E-state index in [4.69, 9.17) is 9.26 Å². The number of ether oxygens (including phenoxy) is 1. The lowest BCUT2D eigenvalue weighted by Gasteiger charge is -2.09. The summed E-state index contributed by atoms with van der Waals surface area (Å²) in [7, 11) is 0. The predicted molar refractivity (Wildman–Crippen MR) is 105 cm³/mol. The lowest BCUT2D eigenvalue weighted by atomic mass is 10.1. The van der Waals surface area contributed by atoms with Gasteiger partial charge in [-0.25, -0.2) is 4.68 Å². The fourth-order valence-electron chi connectivity index (χ4n) is 3.87. The van der Waals surface area contributed by atoms with Gasteiger partial charge >= 0.3 is 0 Å². The molecule has 1 aliphatic rings. The minimum atomic E-state index is 0.439. The van der Waals surface area contributed by atoms with Gasteiger partial charge in [-0.15, -0.1) is 5.10 Å². The Labute approximate surface area is 162 Å². The summed E-state index contributed by atoms with van der Waals surface area (Å²) >= 11 is 0. The summed E-state index contributed by atoms with van der Waals surface area (Å²) in [6, 6.07) is 14.1. The fraction of sp³-hybridized carbons (Fsp3) is 0.333. The van der Waals surface area contributed by atoms with E-state index in [1.807, 2.05) is 49.4 Å². The van der Waals surface area contributed by atoms with Crippen molar-refractivity contribution < 1.29 is 9.26 Å². The van der Waals surface area contributed by atoms with E-state index in [9.17, 15) is 0 Å². The molecular weight excluding hydrogens is 354 g/mol. The summed E-state index contributed by atoms with van der Waals surface area (Å²) in [4.78, 5) is 4.57. The van der Waals surface area contributed by atoms with E-state index in [1.165, 1.54) is 25.7 Å². The SMILES string of the molecule is CCOc1ccccc1-c1nc(-c2ccc3c(c2)nnn3C2CCCC2)no1. The first kappa shape index (κ1) is 16.9. The van der Waals surface area contributed by atoms with E-state index in [1.54, 1.807) is 0 Å². The van der Waals surface area contributed by atoms with Gasteiger partial charge in [0.25, 0.3) is 5.89 Å². The van der Waals surface area contributed by atoms with Crippen LogP contribution in [-0.2, 0) is 0 Å². The number of para-hydroxylation sites is 1. The van der Waals surface area contributed by atoms with Gasteiger partial charge < -0.3 is 9.26 Å². The number of aromatic nitrogens is 5. The van der Waals surface area contributed by atoms with E-state index in [0.29, 0.717) is 24.4 Å². The Morgan fingerprint density at radius 2 is 2.00 bits per heavy atom. The molecule has 2 aromatic heterocycles. The van der Waals surface area contributed by atoms with Gasteiger partial charge in [-0.1, -0.05) is 35.3 Å². The number of hydrogen-bond acceptors (Lipinski definition) is 6. The van der Waals surface area contributed by atoms with Crippen molar-refractivity contribution in [2.45, 2.75) is 38.6 Å². The Hall–Kier alpha value is -3.22. The molecule has 0 N–H and O–H groups in total. The van der Waals surface area contributed by atoms with Crippen LogP contribution < -0.4 is 4.74 Å². The molecule has 2 aromatic carbocycles. The van der Waals surface area contributed by atoms with Crippen LogP contribution in [0.25, 0.3) is 33.9 Å². The van der Waals surface area contributed by atoms with E-state index in [2.05, 4.69) is 25.1 Å². The lowest BCUT2D eigenvalue weighted by molar-refractivity contribution is 0.339. The zero-order valence-corrected chi connectivity index (χ0v) is 15.7. The molecule has 2 heterocycles. The quantitative estimate of drug-likeness (QED) is 0.505. The number of fused-ring (bicyclic) bond motifs is 1. The van der Waals surface area contributed by atoms with Crippen LogP contribution in [0.3, 0.4) is 0 Å². The molecule has 1 fully saturated rings. The molecule has 0 radical (unpaired) electrons. The second-order valence-electron chi connectivity index (χ2n) is 7.03. The second kappa shape index (κ2) is 7.07. The van der Waals surface area contributed by atoms with Crippen LogP contribution in [0.5, 0.6) is 5.75 Å². The first-order valence-corrected chi connectivity index (χ1v) is 9.74. The first-order valence-electron chi connectivity index (χ1n) is 9.74. The summed E-state index contributed by atoms with van der Waals surface area (Å²) in [6.07, 6.45) is 4.87. The second-order valence-corrected chi connectivity index (χ2v) is 7.03. The van der Waals surface area contributed by atoms with E-state index in [0.717, 1.165) is 27.9 Å². The van der Waals surface area contributed by atoms with Gasteiger partial charge in [0.2, 0.25) is 5.82 Å². The summed E-state index contributed by atoms with van der Waals surface area (Å²) < 4.78 is 13.2. The van der Waals surface area contributed by atoms with Gasteiger partial charge in [0.05, 0.1) is 23.7 Å². The highest BCUT2D eigenvalue weighted by Gasteiger charge is 2.21. The molecule has 0 saturated heterocycles. The minimum absolute atomic E-state index is 0.439. The molecule has 142 valence electrons. The molecular formula is C21H21N5O2. The number of hydrogen-bond donors (Lipinski definition) is 0. The Bertz CT molecular complexity index is 1110. The molecule has 4 aromatic rings. The maximum Gasteiger partial charge on any atom is 0.262 e. The topological polar surface area (TPSA) is 78.9 Å². The molecule has 28 heavy (non-hydrogen) atoms. The van der Waals surface area contributed by atoms with Crippen LogP contribution in [0.2, 0.25) is 0 Å². The third-order valence-corrected chi connectivity index (χ3v) is 5.24. The first-order chi connectivity index (χ1) is 13.8. The van der Waals surface area contributed by atoms with Gasteiger partial charge in [-0.05, 0) is 50.1 Å². The van der Waals surface area contributed by atoms with Crippen molar-refractivity contribution in [3.05, 3.63) is 42.5 Å². The monoisotopic (exact) mass is 375 g/mol. The molecule has 0 atom stereocenters. The largest absolute Gasteiger partial charge is 0.493 e. The average molecular weight is 375 g/mol. The number of benzene rings is 2. The van der Waals surface area contributed by atoms with Crippen molar-refractivity contribution in [1.82, 2.24) is 25.1 Å². The zero-order valence-electron chi connectivity index (χ0n) is 15.7. The molecule has 1 aliphatic carbocycles. The van der Waals surface area contributed by atoms with Crippen LogP contribution in [0.1, 0.15) is 38.6 Å². The highest BCUT2D eigenvalue weighted by molar-refractivity contribution is 5.80. The van der Waals surface area contributed by atoms with E-state index in [-0.39, 0.29) is 0 Å². The highest BCUT2D eigenvalue weighted by atomic mass is 16.5. The molecule has 7 heteroatoms. The Balaban J connectivity index is 1.48. The standard InChI is InChI=1S/C21H21N5O2/c1-2-27-19-10-6-5-9-16(19)21-22-20(24-28-21)14-11-12-18-17(13-14)23-25-26(18)15-7-3-4-8-15/h5-6,9-13,15H,2-4,7-8H2,1H3. The summed E-state index contributed by atoms with van der Waals surface area (Å²) in [5, 5.41) is 12.9. The summed E-state index contributed by atoms with van der Waals surface area (Å²) in [5.74, 6) is 1.70. The maximum atomic E-state index is 5.67. The number of nitrogens with zero attached hydrogens (tertiary/aromatic N) is 5. The summed E-state index contributed by atoms with van der Waals surface area (Å²) in [5.41, 5.74) is 3.55. The third kappa shape index (κ3) is 2.93. The van der Waals surface area contributed by atoms with Crippen LogP contribution in [0.15, 0.2) is 47.0 Å². The molecule has 1 saturated carbocycles. The molecule has 0 unspecified atom stereocenters. The van der Waals surface area contributed by atoms with Crippen LogP contribution in [0, 0.1) is 0 Å². The minimum Gasteiger partial charge on any atom is -0.493 e. The Morgan fingerprint density at radius 1 is 1.14 bits per heavy atom. The Morgan fingerprint density at radius 3 is 2.86 bits per heavy atom. The molecule has 0 amide bonds. The van der Waals surface area contributed by atoms with Gasteiger partial charge in [0, 0.05) is 5.56 Å². The van der Waals surface area contributed by atoms with Gasteiger partial charge in [0.1, 0.15) is 11.3 Å². The molecule has 0 bridgehead atoms. The molecule has 0 spiro atoms. The highest BCUT2D eigenvalue weighted by Crippen LogP contribution is 2.33. The van der Waals surface area contributed by atoms with Crippen molar-refractivity contribution >= 4 is 11.0 Å². The lowest BCUT2D eigenvalue weighted by Crippen LogP contribution is -2.06. The van der Waals surface area contributed by atoms with Gasteiger partial charge in [-0.2, -0.15) is 4.98 Å². The molecule has 0 aliphatic heterocycles. The van der Waals surface area contributed by atoms with E-state index < -0.39 is 0 Å². The van der Waals surface area contributed by atoms with Crippen molar-refractivity contribution in [1.29, 1.82) is 0 Å². The van der Waals surface area contributed by atoms with Crippen molar-refractivity contribution in [3.8, 4) is 28.6 Å². The molecule has 5 rings (SSSR count). The van der Waals surface area contributed by atoms with Crippen molar-refractivity contribution in [2.75, 3.05) is 6.61 Å².